The summed E-state index contributed by atoms with van der Waals surface area (Å²) >= 11 is 0. The summed E-state index contributed by atoms with van der Waals surface area (Å²) in [5.74, 6) is 1.64. The number of hydrogen-bond acceptors (Lipinski definition) is 9. The third-order valence-corrected chi connectivity index (χ3v) is 10.7. The van der Waals surface area contributed by atoms with Crippen molar-refractivity contribution in [1.82, 2.24) is 40.4 Å². The smallest absolute Gasteiger partial charge is 0.407 e. The average molecular weight is 803 g/mol. The third kappa shape index (κ3) is 9.09. The number of aromatic nitrogens is 4. The van der Waals surface area contributed by atoms with Crippen molar-refractivity contribution < 1.29 is 33.4 Å². The maximum absolute atomic E-state index is 13.9. The van der Waals surface area contributed by atoms with Gasteiger partial charge in [-0.25, -0.2) is 19.6 Å². The standard InChI is InChI=1S/C44H50N8O7/c1-5-7-18-51(39(53)23-46-43(55)57-3)25-38-47-34-16-14-28-20-33-31-15-13-29(19-30(31)26-59-36(33)21-32(28)41(34)49-38)35-22-45-37(48-35)24-52(17-6-2)42(54)40(50-44(56)58-4)27-11-9-8-10-12-27/h8-13,15,19-22,40H,5-7,14,16-18,23-26H2,1-4H3,(H,45,48)(H,46,55)(H,47,49)(H,50,56)/t40-/m1/s1. The Morgan fingerprint density at radius 1 is 0.831 bits per heavy atom. The first-order valence-electron chi connectivity index (χ1n) is 20.0. The van der Waals surface area contributed by atoms with E-state index in [2.05, 4.69) is 67.6 Å². The topological polar surface area (TPSA) is 184 Å². The lowest BCUT2D eigenvalue weighted by atomic mass is 9.86. The minimum atomic E-state index is -0.912. The van der Waals surface area contributed by atoms with Crippen LogP contribution in [0.4, 0.5) is 9.59 Å². The Morgan fingerprint density at radius 2 is 1.63 bits per heavy atom. The molecule has 3 heterocycles. The number of methoxy groups -OCH3 is 2. The van der Waals surface area contributed by atoms with Crippen LogP contribution in [0.1, 0.15) is 73.2 Å². The monoisotopic (exact) mass is 802 g/mol. The van der Waals surface area contributed by atoms with Gasteiger partial charge >= 0.3 is 12.2 Å². The zero-order chi connectivity index (χ0) is 41.5. The number of H-pyrrole nitrogens is 2. The summed E-state index contributed by atoms with van der Waals surface area (Å²) in [6.45, 7) is 5.86. The molecule has 0 fully saturated rings. The van der Waals surface area contributed by atoms with Crippen molar-refractivity contribution in [2.24, 2.45) is 0 Å². The molecule has 0 radical (unpaired) electrons. The minimum Gasteiger partial charge on any atom is -0.488 e. The van der Waals surface area contributed by atoms with Crippen molar-refractivity contribution in [1.29, 1.82) is 0 Å². The van der Waals surface area contributed by atoms with Gasteiger partial charge in [0.2, 0.25) is 11.8 Å². The largest absolute Gasteiger partial charge is 0.488 e. The van der Waals surface area contributed by atoms with Gasteiger partial charge in [0.15, 0.2) is 0 Å². The Bertz CT molecular complexity index is 2320. The van der Waals surface area contributed by atoms with Gasteiger partial charge in [0.05, 0.1) is 44.9 Å². The zero-order valence-electron chi connectivity index (χ0n) is 33.9. The van der Waals surface area contributed by atoms with Crippen molar-refractivity contribution in [2.45, 2.75) is 71.7 Å². The molecule has 15 nitrogen and oxygen atoms in total. The molecular formula is C44H50N8O7. The van der Waals surface area contributed by atoms with Crippen LogP contribution in [0.2, 0.25) is 0 Å². The van der Waals surface area contributed by atoms with Crippen molar-refractivity contribution in [3.05, 3.63) is 101 Å². The molecule has 0 bridgehead atoms. The summed E-state index contributed by atoms with van der Waals surface area (Å²) in [6, 6.07) is 18.8. The van der Waals surface area contributed by atoms with Gasteiger partial charge in [-0.15, -0.1) is 0 Å². The van der Waals surface area contributed by atoms with E-state index in [1.165, 1.54) is 19.8 Å². The van der Waals surface area contributed by atoms with Crippen LogP contribution in [-0.2, 0) is 51.6 Å². The number of aromatic amines is 2. The average Bonchev–Trinajstić information content (AvgIpc) is 3.92. The van der Waals surface area contributed by atoms with E-state index >= 15 is 0 Å². The van der Waals surface area contributed by atoms with E-state index in [-0.39, 0.29) is 24.9 Å². The van der Waals surface area contributed by atoms with E-state index in [1.807, 2.05) is 25.1 Å². The van der Waals surface area contributed by atoms with Crippen LogP contribution >= 0.6 is 0 Å². The van der Waals surface area contributed by atoms with Crippen LogP contribution in [-0.4, -0.2) is 87.6 Å². The van der Waals surface area contributed by atoms with E-state index < -0.39 is 18.2 Å². The highest BCUT2D eigenvalue weighted by molar-refractivity contribution is 5.87. The molecule has 0 unspecified atom stereocenters. The molecule has 0 spiro atoms. The zero-order valence-corrected chi connectivity index (χ0v) is 33.9. The van der Waals surface area contributed by atoms with Crippen molar-refractivity contribution in [2.75, 3.05) is 33.9 Å². The molecule has 15 heteroatoms. The summed E-state index contributed by atoms with van der Waals surface area (Å²) in [5.41, 5.74) is 9.67. The lowest BCUT2D eigenvalue weighted by molar-refractivity contribution is -0.134. The molecule has 1 atom stereocenters. The van der Waals surface area contributed by atoms with Gasteiger partial charge < -0.3 is 44.6 Å². The predicted octanol–water partition coefficient (Wildman–Crippen LogP) is 6.45. The molecule has 4 amide bonds. The molecule has 1 aliphatic heterocycles. The number of carbonyl (C=O) groups excluding carboxylic acids is 4. The van der Waals surface area contributed by atoms with Crippen molar-refractivity contribution in [3.8, 4) is 39.4 Å². The van der Waals surface area contributed by atoms with Crippen molar-refractivity contribution in [3.63, 3.8) is 0 Å². The summed E-state index contributed by atoms with van der Waals surface area (Å²) in [6.07, 6.45) is 4.52. The summed E-state index contributed by atoms with van der Waals surface area (Å²) in [5, 5.41) is 5.18. The maximum atomic E-state index is 13.9. The summed E-state index contributed by atoms with van der Waals surface area (Å²) < 4.78 is 15.8. The number of unbranched alkanes of at least 4 members (excludes halogenated alkanes) is 1. The number of alkyl carbamates (subject to hydrolysis) is 2. The van der Waals surface area contributed by atoms with E-state index in [0.717, 1.165) is 82.8 Å². The number of carbonyl (C=O) groups is 4. The number of aryl methyl sites for hydroxylation is 2. The quantitative estimate of drug-likeness (QED) is 0.0925. The van der Waals surface area contributed by atoms with Crippen LogP contribution < -0.4 is 15.4 Å². The van der Waals surface area contributed by atoms with Gasteiger partial charge in [0, 0.05) is 29.9 Å². The molecule has 2 aliphatic rings. The van der Waals surface area contributed by atoms with E-state index in [9.17, 15) is 19.2 Å². The normalized spacial score (nSPS) is 12.7. The first-order chi connectivity index (χ1) is 28.7. The molecule has 308 valence electrons. The fourth-order valence-corrected chi connectivity index (χ4v) is 7.64. The highest BCUT2D eigenvalue weighted by atomic mass is 16.5. The lowest BCUT2D eigenvalue weighted by Gasteiger charge is -2.27. The molecule has 3 aromatic carbocycles. The van der Waals surface area contributed by atoms with Crippen LogP contribution in [0.5, 0.6) is 5.75 Å². The summed E-state index contributed by atoms with van der Waals surface area (Å²) in [7, 11) is 2.54. The second-order valence-corrected chi connectivity index (χ2v) is 14.7. The molecule has 5 aromatic rings. The van der Waals surface area contributed by atoms with Crippen LogP contribution in [0.3, 0.4) is 0 Å². The van der Waals surface area contributed by atoms with Gasteiger partial charge in [0.1, 0.15) is 36.6 Å². The molecule has 1 aliphatic carbocycles. The number of amides is 4. The maximum Gasteiger partial charge on any atom is 0.407 e. The first-order valence-corrected chi connectivity index (χ1v) is 20.0. The molecule has 7 rings (SSSR count). The number of nitrogens with zero attached hydrogens (tertiary/aromatic N) is 4. The van der Waals surface area contributed by atoms with Gasteiger partial charge in [-0.3, -0.25) is 9.59 Å². The van der Waals surface area contributed by atoms with Crippen LogP contribution in [0.15, 0.2) is 66.9 Å². The fraction of sp³-hybridized carbons (Fsp3) is 0.364. The van der Waals surface area contributed by atoms with Gasteiger partial charge in [-0.1, -0.05) is 62.7 Å². The van der Waals surface area contributed by atoms with E-state index in [0.29, 0.717) is 43.5 Å². The third-order valence-electron chi connectivity index (χ3n) is 10.7. The fourth-order valence-electron chi connectivity index (χ4n) is 7.64. The lowest BCUT2D eigenvalue weighted by Crippen LogP contribution is -2.43. The number of imidazole rings is 2. The first kappa shape index (κ1) is 40.6. The number of ether oxygens (including phenoxy) is 3. The molecule has 0 saturated carbocycles. The molecule has 4 N–H and O–H groups in total. The minimum absolute atomic E-state index is 0.149. The number of fused-ring (bicyclic) bond motifs is 6. The predicted molar refractivity (Wildman–Crippen MR) is 220 cm³/mol. The number of rotatable bonds is 15. The van der Waals surface area contributed by atoms with Crippen molar-refractivity contribution >= 4 is 24.0 Å². The SMILES string of the molecule is CCCCN(Cc1nc2c([nH]1)CCc1cc3c(cc1-2)OCc1cc(-c2cnc(CN(CCC)C(=O)[C@H](NC(=O)OC)c4ccccc4)[nH]2)ccc1-3)C(=O)CNC(=O)OC. The van der Waals surface area contributed by atoms with Gasteiger partial charge in [-0.2, -0.15) is 0 Å². The Balaban J connectivity index is 1.07. The van der Waals surface area contributed by atoms with Crippen LogP contribution in [0.25, 0.3) is 33.6 Å². The number of nitrogens with one attached hydrogen (secondary N) is 4. The number of hydrogen-bond donors (Lipinski definition) is 4. The molecule has 0 saturated heterocycles. The Labute approximate surface area is 342 Å². The van der Waals surface area contributed by atoms with Crippen LogP contribution in [0, 0.1) is 0 Å². The Kier molecular flexibility index (Phi) is 12.6. The van der Waals surface area contributed by atoms with E-state index in [4.69, 9.17) is 14.5 Å². The Hall–Kier alpha value is -6.64. The molecule has 59 heavy (non-hydrogen) atoms. The number of benzene rings is 3. The summed E-state index contributed by atoms with van der Waals surface area (Å²) in [4.78, 5) is 70.6. The van der Waals surface area contributed by atoms with E-state index in [1.54, 1.807) is 28.1 Å². The second kappa shape index (κ2) is 18.3. The second-order valence-electron chi connectivity index (χ2n) is 14.7. The highest BCUT2D eigenvalue weighted by Crippen LogP contribution is 2.44. The Morgan fingerprint density at radius 3 is 2.39 bits per heavy atom. The molecule has 2 aromatic heterocycles. The van der Waals surface area contributed by atoms with Gasteiger partial charge in [-0.05, 0) is 71.7 Å². The van der Waals surface area contributed by atoms with Gasteiger partial charge in [0.25, 0.3) is 0 Å². The molecular weight excluding hydrogens is 753 g/mol. The highest BCUT2D eigenvalue weighted by Gasteiger charge is 2.30.